The van der Waals surface area contributed by atoms with Gasteiger partial charge in [-0.15, -0.1) is 0 Å². The van der Waals surface area contributed by atoms with Crippen LogP contribution in [0.5, 0.6) is 0 Å². The number of fused-ring (bicyclic) bond motifs is 1. The van der Waals surface area contributed by atoms with Crippen LogP contribution >= 0.6 is 0 Å². The maximum absolute atomic E-state index is 11.8. The van der Waals surface area contributed by atoms with Crippen LogP contribution in [-0.2, 0) is 16.0 Å². The van der Waals surface area contributed by atoms with E-state index in [1.807, 2.05) is 30.3 Å². The van der Waals surface area contributed by atoms with Crippen LogP contribution in [0.1, 0.15) is 12.0 Å². The van der Waals surface area contributed by atoms with Crippen molar-refractivity contribution >= 4 is 22.8 Å². The summed E-state index contributed by atoms with van der Waals surface area (Å²) in [6.45, 7) is 0.497. The van der Waals surface area contributed by atoms with Gasteiger partial charge in [-0.1, -0.05) is 24.3 Å². The molecule has 0 radical (unpaired) electrons. The molecule has 2 aromatic rings. The first kappa shape index (κ1) is 13.5. The lowest BCUT2D eigenvalue weighted by atomic mass is 10.1. The SMILES string of the molecule is O=C(O)[C@H]1C[C@H]1C(=O)NCCc1cccc2cccnc12. The molecule has 1 aromatic carbocycles. The summed E-state index contributed by atoms with van der Waals surface area (Å²) in [6.07, 6.45) is 2.90. The molecule has 0 spiro atoms. The number of hydrogen-bond donors (Lipinski definition) is 2. The third-order valence-electron chi connectivity index (χ3n) is 3.85. The van der Waals surface area contributed by atoms with E-state index in [1.165, 1.54) is 0 Å². The zero-order valence-corrected chi connectivity index (χ0v) is 11.5. The van der Waals surface area contributed by atoms with Crippen molar-refractivity contribution in [3.8, 4) is 0 Å². The summed E-state index contributed by atoms with van der Waals surface area (Å²) in [5.74, 6) is -1.89. The molecule has 2 atom stereocenters. The molecule has 5 heteroatoms. The number of pyridine rings is 1. The third-order valence-corrected chi connectivity index (χ3v) is 3.85. The number of rotatable bonds is 5. The Kier molecular flexibility index (Phi) is 3.56. The molecule has 1 aliphatic rings. The van der Waals surface area contributed by atoms with Crippen molar-refractivity contribution < 1.29 is 14.7 Å². The van der Waals surface area contributed by atoms with Crippen molar-refractivity contribution in [1.82, 2.24) is 10.3 Å². The predicted octanol–water partition coefficient (Wildman–Crippen LogP) is 1.61. The first-order chi connectivity index (χ1) is 10.2. The number of carbonyl (C=O) groups excluding carboxylic acids is 1. The van der Waals surface area contributed by atoms with E-state index in [2.05, 4.69) is 10.3 Å². The maximum atomic E-state index is 11.8. The van der Waals surface area contributed by atoms with Gasteiger partial charge in [-0.05, 0) is 24.5 Å². The minimum Gasteiger partial charge on any atom is -0.481 e. The van der Waals surface area contributed by atoms with Crippen molar-refractivity contribution in [2.75, 3.05) is 6.54 Å². The Morgan fingerprint density at radius 2 is 2.05 bits per heavy atom. The second kappa shape index (κ2) is 5.52. The number of carbonyl (C=O) groups is 2. The lowest BCUT2D eigenvalue weighted by Crippen LogP contribution is -2.28. The normalized spacial score (nSPS) is 20.2. The average Bonchev–Trinajstić information content (AvgIpc) is 3.28. The number of carboxylic acid groups (broad SMARTS) is 1. The molecule has 1 aliphatic carbocycles. The first-order valence-corrected chi connectivity index (χ1v) is 7.00. The average molecular weight is 284 g/mol. The maximum Gasteiger partial charge on any atom is 0.307 e. The summed E-state index contributed by atoms with van der Waals surface area (Å²) >= 11 is 0. The zero-order chi connectivity index (χ0) is 14.8. The molecule has 0 bridgehead atoms. The Balaban J connectivity index is 1.58. The summed E-state index contributed by atoms with van der Waals surface area (Å²) < 4.78 is 0. The van der Waals surface area contributed by atoms with Gasteiger partial charge < -0.3 is 10.4 Å². The molecule has 21 heavy (non-hydrogen) atoms. The number of nitrogens with zero attached hydrogens (tertiary/aromatic N) is 1. The van der Waals surface area contributed by atoms with E-state index in [0.717, 1.165) is 16.5 Å². The number of para-hydroxylation sites is 1. The molecule has 0 saturated heterocycles. The fourth-order valence-electron chi connectivity index (χ4n) is 2.58. The van der Waals surface area contributed by atoms with Gasteiger partial charge in [0.2, 0.25) is 5.91 Å². The molecular formula is C16H16N2O3. The first-order valence-electron chi connectivity index (χ1n) is 7.00. The van der Waals surface area contributed by atoms with E-state index in [9.17, 15) is 9.59 Å². The molecule has 5 nitrogen and oxygen atoms in total. The summed E-state index contributed by atoms with van der Waals surface area (Å²) in [4.78, 5) is 26.9. The standard InChI is InChI=1S/C16H16N2O3/c19-15(12-9-13(12)16(20)21)18-8-6-11-4-1-3-10-5-2-7-17-14(10)11/h1-5,7,12-13H,6,8-9H2,(H,18,19)(H,20,21)/t12-,13+/m1/s1. The van der Waals surface area contributed by atoms with Gasteiger partial charge in [-0.25, -0.2) is 0 Å². The van der Waals surface area contributed by atoms with Crippen molar-refractivity contribution in [1.29, 1.82) is 0 Å². The minimum absolute atomic E-state index is 0.157. The molecule has 0 aliphatic heterocycles. The van der Waals surface area contributed by atoms with Gasteiger partial charge in [0, 0.05) is 18.1 Å². The van der Waals surface area contributed by atoms with Crippen LogP contribution in [0.4, 0.5) is 0 Å². The Morgan fingerprint density at radius 3 is 2.81 bits per heavy atom. The molecule has 1 heterocycles. The Bertz CT molecular complexity index is 693. The largest absolute Gasteiger partial charge is 0.481 e. The number of carboxylic acids is 1. The van der Waals surface area contributed by atoms with Gasteiger partial charge in [0.1, 0.15) is 0 Å². The number of benzene rings is 1. The van der Waals surface area contributed by atoms with Crippen LogP contribution in [0.3, 0.4) is 0 Å². The van der Waals surface area contributed by atoms with E-state index in [0.29, 0.717) is 19.4 Å². The number of aliphatic carboxylic acids is 1. The van der Waals surface area contributed by atoms with Crippen molar-refractivity contribution in [2.24, 2.45) is 11.8 Å². The van der Waals surface area contributed by atoms with Gasteiger partial charge in [-0.2, -0.15) is 0 Å². The molecule has 108 valence electrons. The summed E-state index contributed by atoms with van der Waals surface area (Å²) in [6, 6.07) is 9.88. The van der Waals surface area contributed by atoms with Crippen molar-refractivity contribution in [3.05, 3.63) is 42.1 Å². The molecule has 2 N–H and O–H groups in total. The fourth-order valence-corrected chi connectivity index (χ4v) is 2.58. The van der Waals surface area contributed by atoms with Gasteiger partial charge in [0.05, 0.1) is 17.4 Å². The van der Waals surface area contributed by atoms with Crippen molar-refractivity contribution in [2.45, 2.75) is 12.8 Å². The van der Waals surface area contributed by atoms with Crippen LogP contribution in [0, 0.1) is 11.8 Å². The highest BCUT2D eigenvalue weighted by molar-refractivity contribution is 5.89. The highest BCUT2D eigenvalue weighted by Crippen LogP contribution is 2.38. The smallest absolute Gasteiger partial charge is 0.307 e. The van der Waals surface area contributed by atoms with Gasteiger partial charge in [-0.3, -0.25) is 14.6 Å². The lowest BCUT2D eigenvalue weighted by molar-refractivity contribution is -0.140. The van der Waals surface area contributed by atoms with E-state index < -0.39 is 11.9 Å². The van der Waals surface area contributed by atoms with E-state index >= 15 is 0 Å². The predicted molar refractivity (Wildman–Crippen MR) is 77.7 cm³/mol. The number of amides is 1. The molecular weight excluding hydrogens is 268 g/mol. The second-order valence-electron chi connectivity index (χ2n) is 5.32. The topological polar surface area (TPSA) is 79.3 Å². The second-order valence-corrected chi connectivity index (χ2v) is 5.32. The molecule has 1 fully saturated rings. The molecule has 3 rings (SSSR count). The van der Waals surface area contributed by atoms with E-state index in [4.69, 9.17) is 5.11 Å². The number of hydrogen-bond acceptors (Lipinski definition) is 3. The van der Waals surface area contributed by atoms with Crippen LogP contribution < -0.4 is 5.32 Å². The molecule has 0 unspecified atom stereocenters. The summed E-state index contributed by atoms with van der Waals surface area (Å²) in [5.41, 5.74) is 2.03. The monoisotopic (exact) mass is 284 g/mol. The highest BCUT2D eigenvalue weighted by atomic mass is 16.4. The summed E-state index contributed by atoms with van der Waals surface area (Å²) in [7, 11) is 0. The lowest BCUT2D eigenvalue weighted by Gasteiger charge is -2.07. The summed E-state index contributed by atoms with van der Waals surface area (Å²) in [5, 5.41) is 12.7. The highest BCUT2D eigenvalue weighted by Gasteiger charge is 2.48. The van der Waals surface area contributed by atoms with Gasteiger partial charge in [0.15, 0.2) is 0 Å². The third kappa shape index (κ3) is 2.86. The Morgan fingerprint density at radius 1 is 1.24 bits per heavy atom. The van der Waals surface area contributed by atoms with Crippen molar-refractivity contribution in [3.63, 3.8) is 0 Å². The molecule has 1 aromatic heterocycles. The minimum atomic E-state index is -0.881. The van der Waals surface area contributed by atoms with Crippen LogP contribution in [0.2, 0.25) is 0 Å². The van der Waals surface area contributed by atoms with Crippen LogP contribution in [-0.4, -0.2) is 28.5 Å². The van der Waals surface area contributed by atoms with Crippen LogP contribution in [0.15, 0.2) is 36.5 Å². The van der Waals surface area contributed by atoms with Gasteiger partial charge in [0.25, 0.3) is 0 Å². The van der Waals surface area contributed by atoms with E-state index in [-0.39, 0.29) is 11.8 Å². The number of nitrogens with one attached hydrogen (secondary N) is 1. The molecule has 1 amide bonds. The quantitative estimate of drug-likeness (QED) is 0.874. The molecule has 1 saturated carbocycles. The Hall–Kier alpha value is -2.43. The van der Waals surface area contributed by atoms with E-state index in [1.54, 1.807) is 6.20 Å². The fraction of sp³-hybridized carbons (Fsp3) is 0.312. The Labute approximate surface area is 122 Å². The van der Waals surface area contributed by atoms with Gasteiger partial charge >= 0.3 is 5.97 Å². The number of aromatic nitrogens is 1. The van der Waals surface area contributed by atoms with Crippen LogP contribution in [0.25, 0.3) is 10.9 Å². The zero-order valence-electron chi connectivity index (χ0n) is 11.5.